The quantitative estimate of drug-likeness (QED) is 0.105. The second-order valence-electron chi connectivity index (χ2n) is 21.6. The van der Waals surface area contributed by atoms with Gasteiger partial charge in [-0.15, -0.1) is 0 Å². The fraction of sp³-hybridized carbons (Fsp3) is 0.764. The molecule has 3 fully saturated rings. The van der Waals surface area contributed by atoms with Crippen molar-refractivity contribution in [2.75, 3.05) is 34.0 Å². The zero-order chi connectivity index (χ0) is 51.9. The highest BCUT2D eigenvalue weighted by atomic mass is 16.6. The summed E-state index contributed by atoms with van der Waals surface area (Å²) in [6.45, 7) is 13.8. The smallest absolute Gasteiger partial charge is 0.329 e. The lowest BCUT2D eigenvalue weighted by Crippen LogP contribution is -2.60. The minimum absolute atomic E-state index is 0.0723. The van der Waals surface area contributed by atoms with Crippen LogP contribution in [0.3, 0.4) is 0 Å². The van der Waals surface area contributed by atoms with E-state index in [9.17, 15) is 44.4 Å². The summed E-state index contributed by atoms with van der Waals surface area (Å²) in [6, 6.07) is -1.06. The monoisotopic (exact) mass is 986 g/mol. The van der Waals surface area contributed by atoms with Gasteiger partial charge >= 0.3 is 11.9 Å². The predicted molar refractivity (Wildman–Crippen MR) is 265 cm³/mol. The van der Waals surface area contributed by atoms with Gasteiger partial charge in [0.15, 0.2) is 5.78 Å². The molecule has 2 saturated heterocycles. The molecule has 0 aromatic carbocycles. The van der Waals surface area contributed by atoms with E-state index in [1.165, 1.54) is 18.9 Å². The molecular formula is C55H87NO14. The van der Waals surface area contributed by atoms with Gasteiger partial charge in [0.1, 0.15) is 35.9 Å². The third kappa shape index (κ3) is 15.7. The standard InChI is InChI=1S/C55H87NO14/c1-34-16-12-11-13-17-35(2)28-38(5)47(59)49(67-10)48(60)39(6)29-36(3)20-25-44(37(4)30-41-22-26-45(46(31-41)66-9)69-53(64)54(8,32-57)33-58)68-52(63)43-18-14-15-27-56(43)51(62)50(61)55(65)40(7)21-24-42(70-55)23-19-34/h11-13,16-17,29,35-38,40-46,48-49,57-58,60,65H,14-15,18-28,30-33H2,1-10H3/b12-11+,17-13+,34-16+,39-29+/t35-,36+,37-,38-,40-,41+,42-,43+,44+,45-,46-,48-,49+,55-/m1/s1. The van der Waals surface area contributed by atoms with E-state index in [1.807, 2.05) is 71.1 Å². The van der Waals surface area contributed by atoms with Crippen LogP contribution in [-0.2, 0) is 47.7 Å². The van der Waals surface area contributed by atoms with Crippen LogP contribution in [0.1, 0.15) is 145 Å². The molecule has 14 atom stereocenters. The molecule has 0 aromatic heterocycles. The minimum atomic E-state index is -2.35. The molecule has 15 heteroatoms. The lowest BCUT2D eigenvalue weighted by atomic mass is 9.78. The lowest BCUT2D eigenvalue weighted by Gasteiger charge is -2.42. The highest BCUT2D eigenvalue weighted by Crippen LogP contribution is 2.38. The molecule has 3 aliphatic heterocycles. The van der Waals surface area contributed by atoms with Gasteiger partial charge in [-0.25, -0.2) is 4.79 Å². The zero-order valence-electron chi connectivity index (χ0n) is 43.8. The molecule has 4 rings (SSSR count). The van der Waals surface area contributed by atoms with Gasteiger partial charge in [0.25, 0.3) is 11.7 Å². The number of rotatable bonds is 9. The first-order valence-electron chi connectivity index (χ1n) is 26.0. The first-order chi connectivity index (χ1) is 33.1. The third-order valence-corrected chi connectivity index (χ3v) is 15.5. The van der Waals surface area contributed by atoms with Gasteiger partial charge in [0.05, 0.1) is 25.4 Å². The van der Waals surface area contributed by atoms with Crippen molar-refractivity contribution in [3.8, 4) is 0 Å². The summed E-state index contributed by atoms with van der Waals surface area (Å²) in [5, 5.41) is 42.9. The SMILES string of the molecule is CO[C@@H]1C[C@H](C[C@@H](C)[C@@H]2CC[C@H](C)/C=C(\C)[C@@H](O)[C@@H](OC)C(=O)[C@H](C)C[C@H](C)/C=C/C=C/C=C(\C)CC[C@@H]3CC[C@@H](C)[C@@](O)(O3)C(=O)C(=O)N3CCCC[C@H]3C(=O)O2)CC[C@H]1OC(=O)C(C)(CO)CO. The van der Waals surface area contributed by atoms with E-state index in [4.69, 9.17) is 23.7 Å². The van der Waals surface area contributed by atoms with Crippen molar-refractivity contribution in [1.29, 1.82) is 0 Å². The fourth-order valence-electron chi connectivity index (χ4n) is 10.6. The lowest BCUT2D eigenvalue weighted by molar-refractivity contribution is -0.263. The van der Waals surface area contributed by atoms with Gasteiger partial charge in [-0.1, -0.05) is 76.6 Å². The van der Waals surface area contributed by atoms with E-state index in [-0.39, 0.29) is 48.3 Å². The summed E-state index contributed by atoms with van der Waals surface area (Å²) >= 11 is 0. The highest BCUT2D eigenvalue weighted by Gasteiger charge is 2.53. The number of carbonyl (C=O) groups excluding carboxylic acids is 5. The molecule has 0 aromatic rings. The van der Waals surface area contributed by atoms with E-state index in [0.717, 1.165) is 5.57 Å². The number of ether oxygens (including phenoxy) is 5. The van der Waals surface area contributed by atoms with Crippen LogP contribution in [0.25, 0.3) is 0 Å². The first-order valence-corrected chi connectivity index (χ1v) is 26.0. The Hall–Kier alpha value is -3.57. The third-order valence-electron chi connectivity index (χ3n) is 15.5. The van der Waals surface area contributed by atoms with E-state index in [0.29, 0.717) is 89.0 Å². The van der Waals surface area contributed by atoms with Crippen LogP contribution in [0.4, 0.5) is 0 Å². The molecule has 4 aliphatic rings. The Morgan fingerprint density at radius 3 is 2.26 bits per heavy atom. The molecule has 0 spiro atoms. The number of allylic oxidation sites excluding steroid dienone is 7. The Bertz CT molecular complexity index is 1870. The number of hydrogen-bond acceptors (Lipinski definition) is 14. The number of nitrogens with zero attached hydrogens (tertiary/aromatic N) is 1. The number of aliphatic hydroxyl groups excluding tert-OH is 3. The number of fused-ring (bicyclic) bond motifs is 3. The van der Waals surface area contributed by atoms with Crippen molar-refractivity contribution in [3.05, 3.63) is 47.6 Å². The van der Waals surface area contributed by atoms with Crippen molar-refractivity contribution in [1.82, 2.24) is 4.90 Å². The van der Waals surface area contributed by atoms with Gasteiger partial charge in [-0.05, 0) is 140 Å². The molecule has 0 radical (unpaired) electrons. The molecule has 1 saturated carbocycles. The summed E-state index contributed by atoms with van der Waals surface area (Å²) < 4.78 is 29.8. The molecule has 1 aliphatic carbocycles. The van der Waals surface area contributed by atoms with Crippen molar-refractivity contribution in [2.45, 2.75) is 194 Å². The van der Waals surface area contributed by atoms with Crippen LogP contribution >= 0.6 is 0 Å². The fourth-order valence-corrected chi connectivity index (χ4v) is 10.6. The Morgan fingerprint density at radius 2 is 1.59 bits per heavy atom. The Kier molecular flexibility index (Phi) is 23.2. The van der Waals surface area contributed by atoms with Gasteiger partial charge in [0, 0.05) is 32.6 Å². The van der Waals surface area contributed by atoms with E-state index in [1.54, 1.807) is 21.0 Å². The Balaban J connectivity index is 1.64. The van der Waals surface area contributed by atoms with Crippen molar-refractivity contribution < 1.29 is 68.1 Å². The predicted octanol–water partition coefficient (Wildman–Crippen LogP) is 6.92. The minimum Gasteiger partial charge on any atom is -0.461 e. The van der Waals surface area contributed by atoms with Crippen LogP contribution in [0.15, 0.2) is 47.6 Å². The average Bonchev–Trinajstić information content (AvgIpc) is 3.34. The Morgan fingerprint density at radius 1 is 0.871 bits per heavy atom. The topological polar surface area (TPSA) is 216 Å². The van der Waals surface area contributed by atoms with Gasteiger partial charge in [-0.3, -0.25) is 19.2 Å². The van der Waals surface area contributed by atoms with E-state index in [2.05, 4.69) is 0 Å². The number of piperidine rings is 1. The van der Waals surface area contributed by atoms with Crippen LogP contribution in [0.5, 0.6) is 0 Å². The molecule has 2 bridgehead atoms. The average molecular weight is 986 g/mol. The summed E-state index contributed by atoms with van der Waals surface area (Å²) in [5.41, 5.74) is 0.200. The number of ketones is 2. The number of carbonyl (C=O) groups is 5. The van der Waals surface area contributed by atoms with Gasteiger partial charge in [-0.2, -0.15) is 0 Å². The summed E-state index contributed by atoms with van der Waals surface area (Å²) in [6.07, 6.45) is 15.0. The summed E-state index contributed by atoms with van der Waals surface area (Å²) in [4.78, 5) is 70.9. The van der Waals surface area contributed by atoms with Crippen molar-refractivity contribution in [2.24, 2.45) is 40.9 Å². The van der Waals surface area contributed by atoms with E-state index < -0.39 is 96.6 Å². The molecule has 4 N–H and O–H groups in total. The zero-order valence-corrected chi connectivity index (χ0v) is 43.8. The number of Topliss-reactive ketones (excluding diaryl/α,β-unsaturated/α-hetero) is 2. The molecular weight excluding hydrogens is 899 g/mol. The van der Waals surface area contributed by atoms with Crippen LogP contribution in [0, 0.1) is 40.9 Å². The van der Waals surface area contributed by atoms with Crippen molar-refractivity contribution >= 4 is 29.4 Å². The normalized spacial score (nSPS) is 37.4. The maximum Gasteiger partial charge on any atom is 0.329 e. The number of cyclic esters (lactones) is 1. The van der Waals surface area contributed by atoms with Gasteiger partial charge < -0.3 is 49.0 Å². The number of esters is 2. The summed E-state index contributed by atoms with van der Waals surface area (Å²) in [7, 11) is 2.98. The number of aliphatic hydroxyl groups is 4. The maximum atomic E-state index is 14.5. The van der Waals surface area contributed by atoms with Crippen LogP contribution in [-0.4, -0.2) is 137 Å². The number of amides is 1. The second kappa shape index (κ2) is 27.5. The molecule has 1 amide bonds. The second-order valence-corrected chi connectivity index (χ2v) is 21.6. The molecule has 0 unspecified atom stereocenters. The molecule has 396 valence electrons. The molecule has 15 nitrogen and oxygen atoms in total. The van der Waals surface area contributed by atoms with Crippen molar-refractivity contribution in [3.63, 3.8) is 0 Å². The molecule has 3 heterocycles. The maximum absolute atomic E-state index is 14.5. The van der Waals surface area contributed by atoms with Crippen LogP contribution < -0.4 is 0 Å². The summed E-state index contributed by atoms with van der Waals surface area (Å²) in [5.74, 6) is -7.09. The largest absolute Gasteiger partial charge is 0.461 e. The highest BCUT2D eigenvalue weighted by molar-refractivity contribution is 6.39. The Labute approximate surface area is 417 Å². The molecule has 70 heavy (non-hydrogen) atoms. The van der Waals surface area contributed by atoms with E-state index >= 15 is 0 Å². The number of hydrogen-bond donors (Lipinski definition) is 4. The first kappa shape index (κ1) is 59.0. The van der Waals surface area contributed by atoms with Crippen LogP contribution in [0.2, 0.25) is 0 Å². The van der Waals surface area contributed by atoms with Gasteiger partial charge in [0.2, 0.25) is 5.79 Å². The number of methoxy groups -OCH3 is 2.